The van der Waals surface area contributed by atoms with Crippen molar-refractivity contribution in [3.8, 4) is 11.8 Å². The SMILES string of the molecule is N#Cc1ccc(Cl)cc1NC(=O)CNc1ccc(OC(F)F)c(Cl)c1. The minimum atomic E-state index is -2.98. The van der Waals surface area contributed by atoms with Gasteiger partial charge < -0.3 is 15.4 Å². The smallest absolute Gasteiger partial charge is 0.387 e. The quantitative estimate of drug-likeness (QED) is 0.766. The molecule has 0 fully saturated rings. The lowest BCUT2D eigenvalue weighted by Gasteiger charge is -2.11. The first-order valence-corrected chi connectivity index (χ1v) is 7.62. The van der Waals surface area contributed by atoms with Gasteiger partial charge in [-0.05, 0) is 36.4 Å². The van der Waals surface area contributed by atoms with Gasteiger partial charge in [-0.25, -0.2) is 0 Å². The third-order valence-electron chi connectivity index (χ3n) is 2.98. The number of nitriles is 1. The first kappa shape index (κ1) is 18.8. The van der Waals surface area contributed by atoms with E-state index in [2.05, 4.69) is 15.4 Å². The molecule has 5 nitrogen and oxygen atoms in total. The summed E-state index contributed by atoms with van der Waals surface area (Å²) in [5.41, 5.74) is 1.00. The molecule has 2 aromatic carbocycles. The van der Waals surface area contributed by atoms with Gasteiger partial charge in [0.1, 0.15) is 11.8 Å². The van der Waals surface area contributed by atoms with Crippen molar-refractivity contribution in [2.75, 3.05) is 17.2 Å². The molecule has 0 heterocycles. The highest BCUT2D eigenvalue weighted by atomic mass is 35.5. The fraction of sp³-hybridized carbons (Fsp3) is 0.125. The number of nitrogens with zero attached hydrogens (tertiary/aromatic N) is 1. The van der Waals surface area contributed by atoms with Gasteiger partial charge in [-0.15, -0.1) is 0 Å². The van der Waals surface area contributed by atoms with E-state index in [1.807, 2.05) is 6.07 Å². The molecule has 0 bridgehead atoms. The van der Waals surface area contributed by atoms with Crippen LogP contribution in [-0.2, 0) is 4.79 Å². The van der Waals surface area contributed by atoms with E-state index in [1.54, 1.807) is 6.07 Å². The maximum absolute atomic E-state index is 12.2. The minimum Gasteiger partial charge on any atom is -0.433 e. The summed E-state index contributed by atoms with van der Waals surface area (Å²) in [6.07, 6.45) is 0. The number of rotatable bonds is 6. The number of hydrogen-bond donors (Lipinski definition) is 2. The summed E-state index contributed by atoms with van der Waals surface area (Å²) in [4.78, 5) is 12.0. The average molecular weight is 386 g/mol. The Hall–Kier alpha value is -2.56. The van der Waals surface area contributed by atoms with Crippen molar-refractivity contribution in [2.45, 2.75) is 6.61 Å². The number of carbonyl (C=O) groups is 1. The van der Waals surface area contributed by atoms with Crippen LogP contribution in [0.15, 0.2) is 36.4 Å². The van der Waals surface area contributed by atoms with Gasteiger partial charge in [-0.3, -0.25) is 4.79 Å². The van der Waals surface area contributed by atoms with Crippen LogP contribution in [0.4, 0.5) is 20.2 Å². The van der Waals surface area contributed by atoms with E-state index >= 15 is 0 Å². The van der Waals surface area contributed by atoms with Crippen molar-refractivity contribution < 1.29 is 18.3 Å². The Morgan fingerprint density at radius 2 is 2.00 bits per heavy atom. The fourth-order valence-corrected chi connectivity index (χ4v) is 2.29. The molecule has 25 heavy (non-hydrogen) atoms. The molecule has 0 saturated heterocycles. The van der Waals surface area contributed by atoms with Crippen LogP contribution in [0.5, 0.6) is 5.75 Å². The molecular formula is C16H11Cl2F2N3O2. The van der Waals surface area contributed by atoms with Crippen LogP contribution < -0.4 is 15.4 Å². The molecule has 0 unspecified atom stereocenters. The molecular weight excluding hydrogens is 375 g/mol. The number of hydrogen-bond acceptors (Lipinski definition) is 4. The third-order valence-corrected chi connectivity index (χ3v) is 3.51. The van der Waals surface area contributed by atoms with Crippen LogP contribution in [0.3, 0.4) is 0 Å². The summed E-state index contributed by atoms with van der Waals surface area (Å²) in [6, 6.07) is 10.5. The second-order valence-electron chi connectivity index (χ2n) is 4.73. The van der Waals surface area contributed by atoms with E-state index in [-0.39, 0.29) is 22.9 Å². The van der Waals surface area contributed by atoms with Crippen LogP contribution in [-0.4, -0.2) is 19.1 Å². The van der Waals surface area contributed by atoms with Crippen molar-refractivity contribution in [3.63, 3.8) is 0 Å². The van der Waals surface area contributed by atoms with Crippen LogP contribution in [0.2, 0.25) is 10.0 Å². The second kappa shape index (κ2) is 8.51. The molecule has 9 heteroatoms. The number of carbonyl (C=O) groups excluding carboxylic acids is 1. The maximum Gasteiger partial charge on any atom is 0.387 e. The number of benzene rings is 2. The normalized spacial score (nSPS) is 10.2. The molecule has 2 N–H and O–H groups in total. The predicted octanol–water partition coefficient (Wildman–Crippen LogP) is 4.52. The lowest BCUT2D eigenvalue weighted by Crippen LogP contribution is -2.22. The van der Waals surface area contributed by atoms with Crippen LogP contribution in [0.1, 0.15) is 5.56 Å². The van der Waals surface area contributed by atoms with Gasteiger partial charge in [0, 0.05) is 10.7 Å². The Morgan fingerprint density at radius 3 is 2.64 bits per heavy atom. The lowest BCUT2D eigenvalue weighted by molar-refractivity contribution is -0.114. The van der Waals surface area contributed by atoms with E-state index in [4.69, 9.17) is 28.5 Å². The van der Waals surface area contributed by atoms with Gasteiger partial charge in [0.2, 0.25) is 5.91 Å². The summed E-state index contributed by atoms with van der Waals surface area (Å²) in [5, 5.41) is 14.7. The molecule has 2 aromatic rings. The molecule has 0 atom stereocenters. The van der Waals surface area contributed by atoms with Crippen molar-refractivity contribution in [2.24, 2.45) is 0 Å². The topological polar surface area (TPSA) is 74.2 Å². The molecule has 0 radical (unpaired) electrons. The highest BCUT2D eigenvalue weighted by Gasteiger charge is 2.11. The van der Waals surface area contributed by atoms with E-state index in [0.29, 0.717) is 16.4 Å². The Morgan fingerprint density at radius 1 is 1.24 bits per heavy atom. The Balaban J connectivity index is 1.98. The van der Waals surface area contributed by atoms with Crippen LogP contribution in [0.25, 0.3) is 0 Å². The van der Waals surface area contributed by atoms with Crippen molar-refractivity contribution >= 4 is 40.5 Å². The first-order valence-electron chi connectivity index (χ1n) is 6.87. The van der Waals surface area contributed by atoms with Crippen molar-refractivity contribution in [1.82, 2.24) is 0 Å². The van der Waals surface area contributed by atoms with Gasteiger partial charge >= 0.3 is 6.61 Å². The Labute approximate surface area is 152 Å². The van der Waals surface area contributed by atoms with E-state index in [0.717, 1.165) is 0 Å². The highest BCUT2D eigenvalue weighted by Crippen LogP contribution is 2.29. The van der Waals surface area contributed by atoms with Crippen molar-refractivity contribution in [1.29, 1.82) is 5.26 Å². The number of anilines is 2. The van der Waals surface area contributed by atoms with Gasteiger partial charge in [-0.2, -0.15) is 14.0 Å². The van der Waals surface area contributed by atoms with Crippen LogP contribution in [0, 0.1) is 11.3 Å². The number of nitrogens with one attached hydrogen (secondary N) is 2. The predicted molar refractivity (Wildman–Crippen MR) is 91.4 cm³/mol. The third kappa shape index (κ3) is 5.48. The standard InChI is InChI=1S/C16H11Cl2F2N3O2/c17-10-2-1-9(7-21)13(5-10)23-15(24)8-22-11-3-4-14(12(18)6-11)25-16(19)20/h1-6,16,22H,8H2,(H,23,24). The Kier molecular flexibility index (Phi) is 6.39. The van der Waals surface area contributed by atoms with Crippen LogP contribution >= 0.6 is 23.2 Å². The molecule has 2 rings (SSSR count). The largest absolute Gasteiger partial charge is 0.433 e. The van der Waals surface area contributed by atoms with E-state index in [9.17, 15) is 13.6 Å². The zero-order valence-electron chi connectivity index (χ0n) is 12.5. The Bertz CT molecular complexity index is 826. The number of amides is 1. The summed E-state index contributed by atoms with van der Waals surface area (Å²) in [7, 11) is 0. The summed E-state index contributed by atoms with van der Waals surface area (Å²) in [5.74, 6) is -0.591. The van der Waals surface area contributed by atoms with Gasteiger partial charge in [0.05, 0.1) is 22.8 Å². The average Bonchev–Trinajstić information content (AvgIpc) is 2.55. The van der Waals surface area contributed by atoms with Crippen molar-refractivity contribution in [3.05, 3.63) is 52.0 Å². The lowest BCUT2D eigenvalue weighted by atomic mass is 10.2. The molecule has 0 saturated carbocycles. The zero-order valence-corrected chi connectivity index (χ0v) is 14.0. The number of ether oxygens (including phenoxy) is 1. The van der Waals surface area contributed by atoms with E-state index in [1.165, 1.54) is 30.3 Å². The molecule has 0 spiro atoms. The monoisotopic (exact) mass is 385 g/mol. The summed E-state index contributed by atoms with van der Waals surface area (Å²) in [6.45, 7) is -3.11. The molecule has 0 aromatic heterocycles. The molecule has 0 aliphatic carbocycles. The highest BCUT2D eigenvalue weighted by molar-refractivity contribution is 6.32. The van der Waals surface area contributed by atoms with E-state index < -0.39 is 12.5 Å². The molecule has 130 valence electrons. The fourth-order valence-electron chi connectivity index (χ4n) is 1.90. The zero-order chi connectivity index (χ0) is 18.4. The molecule has 1 amide bonds. The maximum atomic E-state index is 12.2. The summed E-state index contributed by atoms with van der Waals surface area (Å²) < 4.78 is 28.6. The molecule has 0 aliphatic rings. The van der Waals surface area contributed by atoms with Gasteiger partial charge in [0.15, 0.2) is 0 Å². The van der Waals surface area contributed by atoms with Gasteiger partial charge in [0.25, 0.3) is 0 Å². The minimum absolute atomic E-state index is 0.0210. The summed E-state index contributed by atoms with van der Waals surface area (Å²) >= 11 is 11.7. The second-order valence-corrected chi connectivity index (χ2v) is 5.57. The number of halogens is 4. The first-order chi connectivity index (χ1) is 11.9. The van der Waals surface area contributed by atoms with Gasteiger partial charge in [-0.1, -0.05) is 23.2 Å². The number of alkyl halides is 2. The molecule has 0 aliphatic heterocycles.